The molecule has 1 amide bonds. The van der Waals surface area contributed by atoms with Crippen LogP contribution in [-0.2, 0) is 14.8 Å². The van der Waals surface area contributed by atoms with Crippen LogP contribution >= 0.6 is 0 Å². The van der Waals surface area contributed by atoms with Gasteiger partial charge in [-0.05, 0) is 44.0 Å². The minimum atomic E-state index is -3.30. The molecule has 0 aromatic heterocycles. The first kappa shape index (κ1) is 19.3. The van der Waals surface area contributed by atoms with Gasteiger partial charge in [0.2, 0.25) is 10.0 Å². The smallest absolute Gasteiger partial charge is 0.260 e. The molecule has 0 aliphatic heterocycles. The van der Waals surface area contributed by atoms with Crippen LogP contribution in [0.25, 0.3) is 0 Å². The maximum atomic E-state index is 12.0. The van der Waals surface area contributed by atoms with E-state index in [1.54, 1.807) is 31.2 Å². The maximum absolute atomic E-state index is 12.0. The minimum Gasteiger partial charge on any atom is -0.481 e. The summed E-state index contributed by atoms with van der Waals surface area (Å²) in [4.78, 5) is 12.0. The van der Waals surface area contributed by atoms with Gasteiger partial charge >= 0.3 is 0 Å². The van der Waals surface area contributed by atoms with Crippen molar-refractivity contribution >= 4 is 21.6 Å². The van der Waals surface area contributed by atoms with Crippen molar-refractivity contribution in [2.75, 3.05) is 17.6 Å². The Morgan fingerprint density at radius 1 is 1.13 bits per heavy atom. The summed E-state index contributed by atoms with van der Waals surface area (Å²) >= 11 is 0. The molecule has 130 valence electrons. The zero-order valence-corrected chi connectivity index (χ0v) is 15.3. The molecule has 0 heterocycles. The Morgan fingerprint density at radius 3 is 2.09 bits per heavy atom. The van der Waals surface area contributed by atoms with Crippen LogP contribution in [-0.4, -0.2) is 39.8 Å². The van der Waals surface area contributed by atoms with E-state index in [0.29, 0.717) is 17.4 Å². The third-order valence-corrected chi connectivity index (χ3v) is 4.96. The summed E-state index contributed by atoms with van der Waals surface area (Å²) in [7, 11) is -1.82. The molecule has 0 radical (unpaired) electrons. The molecule has 1 aromatic carbocycles. The van der Waals surface area contributed by atoms with E-state index in [9.17, 15) is 13.2 Å². The molecule has 0 aliphatic rings. The third-order valence-electron chi connectivity index (χ3n) is 3.75. The molecule has 0 unspecified atom stereocenters. The summed E-state index contributed by atoms with van der Waals surface area (Å²) in [5.41, 5.74) is 0.533. The molecule has 23 heavy (non-hydrogen) atoms. The average molecular weight is 342 g/mol. The summed E-state index contributed by atoms with van der Waals surface area (Å²) in [5, 5.41) is 2.90. The number of carbonyl (C=O) groups excluding carboxylic acids is 1. The molecular formula is C16H26N2O4S. The van der Waals surface area contributed by atoms with E-state index in [0.717, 1.165) is 6.26 Å². The number of rotatable bonds is 7. The number of anilines is 1. The van der Waals surface area contributed by atoms with E-state index in [4.69, 9.17) is 4.74 Å². The largest absolute Gasteiger partial charge is 0.481 e. The number of sulfonamides is 1. The summed E-state index contributed by atoms with van der Waals surface area (Å²) in [6, 6.07) is 6.63. The van der Waals surface area contributed by atoms with E-state index >= 15 is 0 Å². The zero-order chi connectivity index (χ0) is 17.8. The van der Waals surface area contributed by atoms with Crippen molar-refractivity contribution in [1.29, 1.82) is 0 Å². The molecule has 0 fully saturated rings. The summed E-state index contributed by atoms with van der Waals surface area (Å²) < 4.78 is 29.7. The van der Waals surface area contributed by atoms with Crippen LogP contribution in [0.4, 0.5) is 5.69 Å². The Morgan fingerprint density at radius 2 is 1.65 bits per heavy atom. The van der Waals surface area contributed by atoms with Crippen LogP contribution in [0, 0.1) is 5.92 Å². The highest BCUT2D eigenvalue weighted by Gasteiger charge is 2.18. The minimum absolute atomic E-state index is 0.0688. The molecule has 0 spiro atoms. The topological polar surface area (TPSA) is 75.7 Å². The highest BCUT2D eigenvalue weighted by molar-refractivity contribution is 7.92. The van der Waals surface area contributed by atoms with Crippen molar-refractivity contribution in [1.82, 2.24) is 5.32 Å². The summed E-state index contributed by atoms with van der Waals surface area (Å²) in [6.07, 6.45) is 0.509. The predicted octanol–water partition coefficient (Wildman–Crippen LogP) is 2.01. The van der Waals surface area contributed by atoms with Gasteiger partial charge in [-0.1, -0.05) is 13.8 Å². The molecule has 1 N–H and O–H groups in total. The SMILES string of the molecule is CC(C)[C@H](C)NC(=O)[C@@H](C)Oc1ccc(N(C)S(C)(=O)=O)cc1. The highest BCUT2D eigenvalue weighted by atomic mass is 32.2. The number of hydrogen-bond donors (Lipinski definition) is 1. The molecule has 2 atom stereocenters. The van der Waals surface area contributed by atoms with Gasteiger partial charge in [0.1, 0.15) is 5.75 Å². The molecule has 0 aliphatic carbocycles. The van der Waals surface area contributed by atoms with Crippen LogP contribution in [0.3, 0.4) is 0 Å². The van der Waals surface area contributed by atoms with Crippen molar-refractivity contribution in [3.63, 3.8) is 0 Å². The number of carbonyl (C=O) groups is 1. The van der Waals surface area contributed by atoms with Gasteiger partial charge in [0, 0.05) is 13.1 Å². The number of ether oxygens (including phenoxy) is 1. The molecule has 1 rings (SSSR count). The summed E-state index contributed by atoms with van der Waals surface area (Å²) in [6.45, 7) is 7.70. The Labute approximate surface area is 138 Å². The van der Waals surface area contributed by atoms with Gasteiger partial charge < -0.3 is 10.1 Å². The van der Waals surface area contributed by atoms with Crippen LogP contribution < -0.4 is 14.4 Å². The first-order valence-corrected chi connectivity index (χ1v) is 9.38. The van der Waals surface area contributed by atoms with E-state index in [1.165, 1.54) is 11.4 Å². The Kier molecular flexibility index (Phi) is 6.44. The van der Waals surface area contributed by atoms with Crippen LogP contribution in [0.1, 0.15) is 27.7 Å². The number of hydrogen-bond acceptors (Lipinski definition) is 4. The van der Waals surface area contributed by atoms with Crippen molar-refractivity contribution in [3.8, 4) is 5.75 Å². The lowest BCUT2D eigenvalue weighted by Crippen LogP contribution is -2.43. The van der Waals surface area contributed by atoms with Gasteiger partial charge in [0.25, 0.3) is 5.91 Å². The highest BCUT2D eigenvalue weighted by Crippen LogP contribution is 2.21. The number of benzene rings is 1. The predicted molar refractivity (Wildman–Crippen MR) is 92.2 cm³/mol. The molecule has 1 aromatic rings. The Hall–Kier alpha value is -1.76. The van der Waals surface area contributed by atoms with Crippen LogP contribution in [0.15, 0.2) is 24.3 Å². The fourth-order valence-corrected chi connectivity index (χ4v) is 2.20. The number of nitrogens with one attached hydrogen (secondary N) is 1. The molecule has 0 saturated carbocycles. The van der Waals surface area contributed by atoms with E-state index in [2.05, 4.69) is 5.32 Å². The molecular weight excluding hydrogens is 316 g/mol. The van der Waals surface area contributed by atoms with E-state index in [1.807, 2.05) is 20.8 Å². The van der Waals surface area contributed by atoms with Gasteiger partial charge in [0.05, 0.1) is 11.9 Å². The first-order valence-electron chi connectivity index (χ1n) is 7.53. The number of amides is 1. The molecule has 7 heteroatoms. The van der Waals surface area contributed by atoms with Gasteiger partial charge in [-0.2, -0.15) is 0 Å². The Bertz CT molecular complexity index is 626. The molecule has 0 bridgehead atoms. The molecule has 0 saturated heterocycles. The van der Waals surface area contributed by atoms with Gasteiger partial charge in [-0.25, -0.2) is 8.42 Å². The lowest BCUT2D eigenvalue weighted by atomic mass is 10.1. The molecule has 6 nitrogen and oxygen atoms in total. The quantitative estimate of drug-likeness (QED) is 0.822. The third kappa shape index (κ3) is 5.74. The number of nitrogens with zero attached hydrogens (tertiary/aromatic N) is 1. The standard InChI is InChI=1S/C16H26N2O4S/c1-11(2)12(3)17-16(19)13(4)22-15-9-7-14(8-10-15)18(5)23(6,20)21/h7-13H,1-6H3,(H,17,19)/t12-,13+/m0/s1. The second-order valence-corrected chi connectivity index (χ2v) is 8.04. The summed E-state index contributed by atoms with van der Waals surface area (Å²) in [5.74, 6) is 0.677. The maximum Gasteiger partial charge on any atom is 0.260 e. The first-order chi connectivity index (χ1) is 10.5. The van der Waals surface area contributed by atoms with Crippen molar-refractivity contribution in [2.24, 2.45) is 5.92 Å². The average Bonchev–Trinajstić information content (AvgIpc) is 2.46. The van der Waals surface area contributed by atoms with Crippen LogP contribution in [0.2, 0.25) is 0 Å². The van der Waals surface area contributed by atoms with Gasteiger partial charge in [-0.15, -0.1) is 0 Å². The van der Waals surface area contributed by atoms with E-state index < -0.39 is 16.1 Å². The second kappa shape index (κ2) is 7.68. The van der Waals surface area contributed by atoms with Crippen molar-refractivity contribution in [2.45, 2.75) is 39.8 Å². The second-order valence-electron chi connectivity index (χ2n) is 6.03. The zero-order valence-electron chi connectivity index (χ0n) is 14.5. The lowest BCUT2D eigenvalue weighted by molar-refractivity contribution is -0.128. The normalized spacial score (nSPS) is 14.2. The lowest BCUT2D eigenvalue weighted by Gasteiger charge is -2.21. The van der Waals surface area contributed by atoms with Gasteiger partial charge in [0.15, 0.2) is 6.10 Å². The van der Waals surface area contributed by atoms with Crippen molar-refractivity contribution in [3.05, 3.63) is 24.3 Å². The Balaban J connectivity index is 2.69. The monoisotopic (exact) mass is 342 g/mol. The van der Waals surface area contributed by atoms with Crippen LogP contribution in [0.5, 0.6) is 5.75 Å². The fourth-order valence-electron chi connectivity index (χ4n) is 1.69. The fraction of sp³-hybridized carbons (Fsp3) is 0.562. The van der Waals surface area contributed by atoms with Crippen molar-refractivity contribution < 1.29 is 17.9 Å². The van der Waals surface area contributed by atoms with Gasteiger partial charge in [-0.3, -0.25) is 9.10 Å². The van der Waals surface area contributed by atoms with E-state index in [-0.39, 0.29) is 11.9 Å².